The molecule has 4 rings (SSSR count). The molecule has 1 fully saturated rings. The molecule has 2 aromatic carbocycles. The summed E-state index contributed by atoms with van der Waals surface area (Å²) in [4.78, 5) is 61.4. The van der Waals surface area contributed by atoms with Crippen LogP contribution in [0.1, 0.15) is 6.42 Å². The minimum atomic E-state index is -1.26. The number of aromatic nitrogens is 2. The number of halogens is 2. The topological polar surface area (TPSA) is 238 Å². The predicted octanol–water partition coefficient (Wildman–Crippen LogP) is 3.81. The van der Waals surface area contributed by atoms with Gasteiger partial charge in [0.25, 0.3) is 0 Å². The molecular weight excluding hydrogens is 685 g/mol. The lowest BCUT2D eigenvalue weighted by Crippen LogP contribution is -2.18. The maximum atomic E-state index is 13.6. The molecule has 0 aliphatic carbocycles. The highest BCUT2D eigenvalue weighted by Gasteiger charge is 2.21. The Hall–Kier alpha value is -5.91. The van der Waals surface area contributed by atoms with Crippen LogP contribution in [0.5, 0.6) is 5.75 Å². The lowest BCUT2D eigenvalue weighted by molar-refractivity contribution is -0.134. The Morgan fingerprint density at radius 2 is 1.58 bits per heavy atom. The van der Waals surface area contributed by atoms with Gasteiger partial charge >= 0.3 is 23.9 Å². The van der Waals surface area contributed by atoms with E-state index in [1.165, 1.54) is 24.5 Å². The van der Waals surface area contributed by atoms with Crippen molar-refractivity contribution in [2.24, 2.45) is 0 Å². The number of carboxylic acids is 4. The molecule has 1 aliphatic heterocycles. The number of nitrogens with zero attached hydrogens (tertiary/aromatic N) is 3. The van der Waals surface area contributed by atoms with Gasteiger partial charge in [-0.1, -0.05) is 17.7 Å². The summed E-state index contributed by atoms with van der Waals surface area (Å²) in [6.07, 6.45) is 7.55. The Morgan fingerprint density at radius 1 is 0.960 bits per heavy atom. The maximum Gasteiger partial charge on any atom is 0.328 e. The molecule has 1 amide bonds. The van der Waals surface area contributed by atoms with Gasteiger partial charge in [-0.15, -0.1) is 0 Å². The van der Waals surface area contributed by atoms with Crippen LogP contribution in [0.25, 0.3) is 10.9 Å². The second-order valence-corrected chi connectivity index (χ2v) is 10.5. The van der Waals surface area contributed by atoms with Crippen molar-refractivity contribution in [1.29, 1.82) is 0 Å². The van der Waals surface area contributed by atoms with Crippen molar-refractivity contribution >= 4 is 69.5 Å². The van der Waals surface area contributed by atoms with E-state index in [1.54, 1.807) is 24.3 Å². The van der Waals surface area contributed by atoms with Gasteiger partial charge in [0.05, 0.1) is 29.4 Å². The Morgan fingerprint density at radius 3 is 2.10 bits per heavy atom. The van der Waals surface area contributed by atoms with Crippen LogP contribution in [-0.4, -0.2) is 105 Å². The summed E-state index contributed by atoms with van der Waals surface area (Å²) in [7, 11) is 3.84. The van der Waals surface area contributed by atoms with Gasteiger partial charge < -0.3 is 45.4 Å². The fourth-order valence-electron chi connectivity index (χ4n) is 3.70. The van der Waals surface area contributed by atoms with Crippen molar-refractivity contribution in [3.63, 3.8) is 0 Å². The molecule has 2 heterocycles. The number of carbonyl (C=O) groups excluding carboxylic acids is 1. The number of nitrogens with one attached hydrogen (secondary N) is 2. The fraction of sp³-hybridized carbons (Fsp3) is 0.219. The molecule has 16 nitrogen and oxygen atoms in total. The molecular formula is C32H33ClFN5O11. The number of amides is 1. The molecule has 0 spiro atoms. The smallest absolute Gasteiger partial charge is 0.328 e. The number of carbonyl (C=O) groups is 5. The van der Waals surface area contributed by atoms with Gasteiger partial charge in [-0.3, -0.25) is 4.79 Å². The van der Waals surface area contributed by atoms with Crippen LogP contribution >= 0.6 is 11.6 Å². The van der Waals surface area contributed by atoms with E-state index in [-0.39, 0.29) is 17.0 Å². The highest BCUT2D eigenvalue weighted by molar-refractivity contribution is 6.31. The Kier molecular flexibility index (Phi) is 16.5. The van der Waals surface area contributed by atoms with Gasteiger partial charge in [0.15, 0.2) is 0 Å². The zero-order valence-corrected chi connectivity index (χ0v) is 27.3. The van der Waals surface area contributed by atoms with Gasteiger partial charge in [-0.25, -0.2) is 33.5 Å². The number of anilines is 3. The molecule has 1 atom stereocenters. The highest BCUT2D eigenvalue weighted by Crippen LogP contribution is 2.35. The first-order valence-electron chi connectivity index (χ1n) is 14.3. The molecule has 6 N–H and O–H groups in total. The van der Waals surface area contributed by atoms with E-state index in [9.17, 15) is 28.4 Å². The molecule has 1 unspecified atom stereocenters. The third kappa shape index (κ3) is 15.3. The van der Waals surface area contributed by atoms with E-state index in [0.29, 0.717) is 77.9 Å². The summed E-state index contributed by atoms with van der Waals surface area (Å²) in [5.41, 5.74) is 1.65. The number of rotatable bonds is 12. The van der Waals surface area contributed by atoms with Crippen molar-refractivity contribution in [3.05, 3.63) is 84.0 Å². The van der Waals surface area contributed by atoms with Crippen LogP contribution in [0.2, 0.25) is 5.02 Å². The summed E-state index contributed by atoms with van der Waals surface area (Å²) in [6.45, 7) is 1.75. The lowest BCUT2D eigenvalue weighted by Gasteiger charge is -2.17. The molecule has 18 heteroatoms. The second kappa shape index (κ2) is 20.5. The second-order valence-electron chi connectivity index (χ2n) is 10.1. The van der Waals surface area contributed by atoms with Crippen LogP contribution in [0, 0.1) is 5.82 Å². The monoisotopic (exact) mass is 717 g/mol. The lowest BCUT2D eigenvalue weighted by atomic mass is 10.1. The molecule has 1 saturated heterocycles. The Bertz CT molecular complexity index is 1710. The van der Waals surface area contributed by atoms with Gasteiger partial charge in [-0.2, -0.15) is 0 Å². The molecule has 0 radical (unpaired) electrons. The molecule has 266 valence electrons. The maximum absolute atomic E-state index is 13.6. The Balaban J connectivity index is 0.000000450. The van der Waals surface area contributed by atoms with E-state index in [0.717, 1.165) is 6.42 Å². The standard InChI is InChI=1S/C24H25ClFN5O3.2C4H4O4/c1-31(2)8-3-4-23(32)30-21-11-17-20(12-22(21)34-16-7-9-33-13-16)27-14-28-24(17)29-15-5-6-19(26)18(25)10-15;2*5-3(6)1-2-4(7)8/h3-6,10-12,14,16H,7-9,13H2,1-2H3,(H,30,32)(H,27,28,29);2*1-2H,(H,5,6)(H,7,8)/b4-3+;2*2-1-. The number of aliphatic carboxylic acids is 4. The first-order valence-corrected chi connectivity index (χ1v) is 14.7. The van der Waals surface area contributed by atoms with E-state index in [4.69, 9.17) is 41.5 Å². The minimum absolute atomic E-state index is 0.00436. The summed E-state index contributed by atoms with van der Waals surface area (Å²) in [5, 5.41) is 37.9. The first-order chi connectivity index (χ1) is 23.6. The van der Waals surface area contributed by atoms with Crippen LogP contribution in [0.3, 0.4) is 0 Å². The third-order valence-electron chi connectivity index (χ3n) is 5.84. The number of ether oxygens (including phenoxy) is 2. The van der Waals surface area contributed by atoms with Crippen LogP contribution in [0.4, 0.5) is 21.6 Å². The molecule has 0 saturated carbocycles. The molecule has 3 aromatic rings. The average Bonchev–Trinajstić information content (AvgIpc) is 3.55. The Labute approximate surface area is 289 Å². The first kappa shape index (κ1) is 40.3. The van der Waals surface area contributed by atoms with Gasteiger partial charge in [-0.05, 0) is 38.4 Å². The zero-order chi connectivity index (χ0) is 37.2. The number of hydrogen-bond acceptors (Lipinski definition) is 11. The van der Waals surface area contributed by atoms with Gasteiger partial charge in [0, 0.05) is 60.5 Å². The normalized spacial score (nSPS) is 13.8. The molecule has 50 heavy (non-hydrogen) atoms. The molecule has 1 aliphatic rings. The zero-order valence-electron chi connectivity index (χ0n) is 26.6. The number of benzene rings is 2. The quantitative estimate of drug-likeness (QED) is 0.146. The van der Waals surface area contributed by atoms with Crippen molar-refractivity contribution in [1.82, 2.24) is 14.9 Å². The summed E-state index contributed by atoms with van der Waals surface area (Å²) in [5.74, 6) is -4.86. The van der Waals surface area contributed by atoms with Crippen molar-refractivity contribution in [2.45, 2.75) is 12.5 Å². The minimum Gasteiger partial charge on any atom is -0.486 e. The summed E-state index contributed by atoms with van der Waals surface area (Å²) < 4.78 is 25.1. The van der Waals surface area contributed by atoms with Crippen molar-refractivity contribution in [3.8, 4) is 5.75 Å². The van der Waals surface area contributed by atoms with Crippen molar-refractivity contribution in [2.75, 3.05) is 44.5 Å². The third-order valence-corrected chi connectivity index (χ3v) is 6.12. The number of fused-ring (bicyclic) bond motifs is 1. The van der Waals surface area contributed by atoms with Crippen LogP contribution < -0.4 is 15.4 Å². The molecule has 1 aromatic heterocycles. The predicted molar refractivity (Wildman–Crippen MR) is 179 cm³/mol. The molecule has 0 bridgehead atoms. The summed E-state index contributed by atoms with van der Waals surface area (Å²) in [6, 6.07) is 7.82. The number of hydrogen-bond donors (Lipinski definition) is 6. The van der Waals surface area contributed by atoms with Crippen LogP contribution in [-0.2, 0) is 28.7 Å². The number of carboxylic acid groups (broad SMARTS) is 4. The largest absolute Gasteiger partial charge is 0.486 e. The number of likely N-dealkylation sites (N-methyl/N-ethyl adjacent to an activating group) is 1. The van der Waals surface area contributed by atoms with Gasteiger partial charge in [0.1, 0.15) is 29.8 Å². The average molecular weight is 718 g/mol. The highest BCUT2D eigenvalue weighted by atomic mass is 35.5. The van der Waals surface area contributed by atoms with E-state index < -0.39 is 29.7 Å². The van der Waals surface area contributed by atoms with E-state index in [1.807, 2.05) is 19.0 Å². The fourth-order valence-corrected chi connectivity index (χ4v) is 3.89. The van der Waals surface area contributed by atoms with Crippen LogP contribution in [0.15, 0.2) is 73.1 Å². The van der Waals surface area contributed by atoms with Crippen molar-refractivity contribution < 1.29 is 58.3 Å². The van der Waals surface area contributed by atoms with E-state index >= 15 is 0 Å². The van der Waals surface area contributed by atoms with E-state index in [2.05, 4.69) is 20.6 Å². The van der Waals surface area contributed by atoms with Gasteiger partial charge in [0.2, 0.25) is 5.91 Å². The summed E-state index contributed by atoms with van der Waals surface area (Å²) >= 11 is 5.91. The SMILES string of the molecule is CN(C)C/C=C/C(=O)Nc1cc2c(Nc3ccc(F)c(Cl)c3)ncnc2cc1OC1CCOC1.O=C(O)/C=C\C(=O)O.O=C(O)/C=C\C(=O)O.